The molecular formula is C18H28N5O3+. The summed E-state index contributed by atoms with van der Waals surface area (Å²) < 4.78 is 1.80. The maximum atomic E-state index is 12.8. The molecule has 3 aliphatic heterocycles. The Morgan fingerprint density at radius 2 is 1.85 bits per heavy atom. The van der Waals surface area contributed by atoms with Gasteiger partial charge in [-0.25, -0.2) is 9.37 Å². The Balaban J connectivity index is 1.96. The van der Waals surface area contributed by atoms with E-state index in [4.69, 9.17) is 0 Å². The minimum atomic E-state index is -0.708. The number of piperidine rings is 1. The second-order valence-electron chi connectivity index (χ2n) is 7.68. The smallest absolute Gasteiger partial charge is 0.295 e. The normalized spacial score (nSPS) is 26.3. The first-order valence-corrected chi connectivity index (χ1v) is 9.23. The number of likely N-dealkylation sites (tertiary alicyclic amines) is 1. The lowest BCUT2D eigenvalue weighted by Crippen LogP contribution is -2.62. The van der Waals surface area contributed by atoms with Crippen LogP contribution in [-0.4, -0.2) is 94.5 Å². The number of hydrogen-bond acceptors (Lipinski definition) is 5. The third-order valence-electron chi connectivity index (χ3n) is 5.79. The highest BCUT2D eigenvalue weighted by Crippen LogP contribution is 2.22. The standard InChI is InChI=1S/C18H28N5O3/c1-11-6-8-22(9-7-11)10-14-19-16-15(23(14)12(2)13(3)24)17(25)21(5)18(26)20(16)4/h11-12,15H,6-10H2,1-5H3/q+1. The van der Waals surface area contributed by atoms with Gasteiger partial charge in [0.05, 0.1) is 0 Å². The van der Waals surface area contributed by atoms with Gasteiger partial charge in [-0.1, -0.05) is 6.92 Å². The molecule has 0 spiro atoms. The molecule has 0 aromatic heterocycles. The maximum absolute atomic E-state index is 12.8. The van der Waals surface area contributed by atoms with Gasteiger partial charge in [-0.15, -0.1) is 0 Å². The fraction of sp³-hybridized carbons (Fsp3) is 0.722. The van der Waals surface area contributed by atoms with Crippen LogP contribution < -0.4 is 0 Å². The number of aliphatic imine (C=N–C) groups is 1. The van der Waals surface area contributed by atoms with Crippen LogP contribution in [0.4, 0.5) is 4.79 Å². The minimum absolute atomic E-state index is 0.0266. The molecule has 3 heterocycles. The average Bonchev–Trinajstić information content (AvgIpc) is 2.98. The van der Waals surface area contributed by atoms with E-state index >= 15 is 0 Å². The lowest BCUT2D eigenvalue weighted by Gasteiger charge is -2.32. The van der Waals surface area contributed by atoms with Crippen molar-refractivity contribution in [3.8, 4) is 0 Å². The Kier molecular flexibility index (Phi) is 4.96. The zero-order chi connectivity index (χ0) is 19.2. The Bertz CT molecular complexity index is 706. The first-order chi connectivity index (χ1) is 12.2. The molecule has 26 heavy (non-hydrogen) atoms. The lowest BCUT2D eigenvalue weighted by molar-refractivity contribution is -0.556. The van der Waals surface area contributed by atoms with Gasteiger partial charge >= 0.3 is 11.9 Å². The number of hydrogen-bond donors (Lipinski definition) is 0. The van der Waals surface area contributed by atoms with Crippen molar-refractivity contribution in [2.24, 2.45) is 10.9 Å². The number of fused-ring (bicyclic) bond motifs is 1. The van der Waals surface area contributed by atoms with Crippen LogP contribution in [0.3, 0.4) is 0 Å². The van der Waals surface area contributed by atoms with Gasteiger partial charge < -0.3 is 0 Å². The Hall–Kier alpha value is -2.09. The van der Waals surface area contributed by atoms with Crippen LogP contribution in [0.15, 0.2) is 4.99 Å². The summed E-state index contributed by atoms with van der Waals surface area (Å²) in [6.07, 6.45) is 2.27. The van der Waals surface area contributed by atoms with E-state index in [1.807, 2.05) is 0 Å². The fourth-order valence-electron chi connectivity index (χ4n) is 3.79. The third-order valence-corrected chi connectivity index (χ3v) is 5.79. The molecule has 0 aromatic carbocycles. The molecule has 8 heteroatoms. The monoisotopic (exact) mass is 362 g/mol. The quantitative estimate of drug-likeness (QED) is 0.679. The second-order valence-corrected chi connectivity index (χ2v) is 7.68. The molecule has 0 bridgehead atoms. The molecule has 3 rings (SSSR count). The van der Waals surface area contributed by atoms with Crippen LogP contribution in [0.25, 0.3) is 0 Å². The van der Waals surface area contributed by atoms with Crippen molar-refractivity contribution in [3.63, 3.8) is 0 Å². The van der Waals surface area contributed by atoms with Gasteiger partial charge in [0.15, 0.2) is 11.8 Å². The van der Waals surface area contributed by atoms with Crippen molar-refractivity contribution >= 4 is 29.4 Å². The SMILES string of the molecule is CC(=O)C(C)[N+]1=C(CN2CCC(C)CC2)N=C2C1C(=O)N(C)C(=O)N2C. The van der Waals surface area contributed by atoms with E-state index in [-0.39, 0.29) is 11.7 Å². The molecule has 0 saturated carbocycles. The summed E-state index contributed by atoms with van der Waals surface area (Å²) in [4.78, 5) is 46.6. The van der Waals surface area contributed by atoms with Gasteiger partial charge in [0.2, 0.25) is 0 Å². The Morgan fingerprint density at radius 3 is 2.42 bits per heavy atom. The summed E-state index contributed by atoms with van der Waals surface area (Å²) in [6, 6.07) is -1.58. The predicted octanol–water partition coefficient (Wildman–Crippen LogP) is 0.411. The molecule has 0 aliphatic carbocycles. The highest BCUT2D eigenvalue weighted by Gasteiger charge is 2.54. The predicted molar refractivity (Wildman–Crippen MR) is 97.4 cm³/mol. The van der Waals surface area contributed by atoms with Gasteiger partial charge in [0.1, 0.15) is 6.54 Å². The van der Waals surface area contributed by atoms with Gasteiger partial charge in [-0.3, -0.25) is 24.3 Å². The number of urea groups is 1. The van der Waals surface area contributed by atoms with E-state index in [0.717, 1.165) is 36.7 Å². The summed E-state index contributed by atoms with van der Waals surface area (Å²) in [5.41, 5.74) is 0. The Morgan fingerprint density at radius 1 is 1.23 bits per heavy atom. The summed E-state index contributed by atoms with van der Waals surface area (Å²) in [5.74, 6) is 1.49. The lowest BCUT2D eigenvalue weighted by atomic mass is 9.99. The van der Waals surface area contributed by atoms with Gasteiger partial charge in [0.25, 0.3) is 17.8 Å². The van der Waals surface area contributed by atoms with E-state index in [1.165, 1.54) is 18.9 Å². The number of amidine groups is 2. The number of likely N-dealkylation sites (N-methyl/N-ethyl adjacent to an activating group) is 2. The number of ketones is 1. The first kappa shape index (κ1) is 18.7. The van der Waals surface area contributed by atoms with Gasteiger partial charge in [-0.05, 0) is 50.7 Å². The zero-order valence-electron chi connectivity index (χ0n) is 16.2. The van der Waals surface area contributed by atoms with Gasteiger partial charge in [-0.2, -0.15) is 0 Å². The number of Topliss-reactive ketones (excluding diaryl/α,β-unsaturated/α-hetero) is 1. The molecule has 3 amide bonds. The highest BCUT2D eigenvalue weighted by molar-refractivity contribution is 6.23. The summed E-state index contributed by atoms with van der Waals surface area (Å²) in [7, 11) is 3.10. The topological polar surface area (TPSA) is 76.3 Å². The van der Waals surface area contributed by atoms with Crippen molar-refractivity contribution in [2.75, 3.05) is 33.7 Å². The number of carbonyl (C=O) groups excluding carboxylic acids is 3. The van der Waals surface area contributed by atoms with Crippen LogP contribution in [-0.2, 0) is 9.59 Å². The largest absolute Gasteiger partial charge is 0.333 e. The van der Waals surface area contributed by atoms with E-state index in [0.29, 0.717) is 18.2 Å². The Labute approximate surface area is 154 Å². The van der Waals surface area contributed by atoms with E-state index in [2.05, 4.69) is 16.8 Å². The summed E-state index contributed by atoms with van der Waals surface area (Å²) in [5, 5.41) is 0. The van der Waals surface area contributed by atoms with Crippen LogP contribution in [0.5, 0.6) is 0 Å². The van der Waals surface area contributed by atoms with Crippen LogP contribution >= 0.6 is 0 Å². The molecule has 2 saturated heterocycles. The summed E-state index contributed by atoms with van der Waals surface area (Å²) >= 11 is 0. The van der Waals surface area contributed by atoms with E-state index in [9.17, 15) is 14.4 Å². The number of carbonyl (C=O) groups is 3. The molecular weight excluding hydrogens is 334 g/mol. The first-order valence-electron chi connectivity index (χ1n) is 9.23. The number of nitrogens with zero attached hydrogens (tertiary/aromatic N) is 5. The van der Waals surface area contributed by atoms with Crippen molar-refractivity contribution in [1.29, 1.82) is 0 Å². The molecule has 0 N–H and O–H groups in total. The molecule has 2 atom stereocenters. The molecule has 0 radical (unpaired) electrons. The van der Waals surface area contributed by atoms with Crippen molar-refractivity contribution in [1.82, 2.24) is 14.7 Å². The zero-order valence-corrected chi connectivity index (χ0v) is 16.2. The molecule has 3 aliphatic rings. The second kappa shape index (κ2) is 6.90. The van der Waals surface area contributed by atoms with Crippen molar-refractivity contribution in [2.45, 2.75) is 45.7 Å². The molecule has 8 nitrogen and oxygen atoms in total. The number of amides is 3. The fourth-order valence-corrected chi connectivity index (χ4v) is 3.79. The summed E-state index contributed by atoms with van der Waals surface area (Å²) in [6.45, 7) is 8.12. The number of imide groups is 1. The minimum Gasteiger partial charge on any atom is -0.295 e. The van der Waals surface area contributed by atoms with E-state index in [1.54, 1.807) is 18.5 Å². The average molecular weight is 362 g/mol. The van der Waals surface area contributed by atoms with Crippen molar-refractivity contribution in [3.05, 3.63) is 0 Å². The van der Waals surface area contributed by atoms with Crippen LogP contribution in [0.2, 0.25) is 0 Å². The maximum Gasteiger partial charge on any atom is 0.333 e. The molecule has 2 unspecified atom stereocenters. The number of rotatable bonds is 4. The highest BCUT2D eigenvalue weighted by atomic mass is 16.2. The molecule has 2 fully saturated rings. The molecule has 142 valence electrons. The van der Waals surface area contributed by atoms with Gasteiger partial charge in [0, 0.05) is 14.1 Å². The third kappa shape index (κ3) is 3.06. The van der Waals surface area contributed by atoms with Crippen LogP contribution in [0.1, 0.15) is 33.6 Å². The molecule has 0 aromatic rings. The van der Waals surface area contributed by atoms with Crippen molar-refractivity contribution < 1.29 is 19.0 Å². The van der Waals surface area contributed by atoms with Crippen LogP contribution in [0, 0.1) is 5.92 Å². The van der Waals surface area contributed by atoms with E-state index < -0.39 is 18.1 Å².